The zero-order valence-corrected chi connectivity index (χ0v) is 19.5. The smallest absolute Gasteiger partial charge is 0.328 e. The van der Waals surface area contributed by atoms with Crippen LogP contribution in [0, 0.1) is 5.41 Å². The summed E-state index contributed by atoms with van der Waals surface area (Å²) in [7, 11) is 1.18. The second-order valence-corrected chi connectivity index (χ2v) is 8.98. The lowest BCUT2D eigenvalue weighted by atomic mass is 9.59. The van der Waals surface area contributed by atoms with Gasteiger partial charge in [0.25, 0.3) is 0 Å². The van der Waals surface area contributed by atoms with E-state index in [1.807, 2.05) is 6.07 Å². The first-order valence-corrected chi connectivity index (χ1v) is 10.9. The van der Waals surface area contributed by atoms with E-state index in [2.05, 4.69) is 17.2 Å². The van der Waals surface area contributed by atoms with E-state index in [0.29, 0.717) is 5.56 Å². The maximum Gasteiger partial charge on any atom is 0.328 e. The fraction of sp³-hybridized carbons (Fsp3) is 0.346. The third-order valence-corrected chi connectivity index (χ3v) is 6.63. The molecule has 2 aromatic carbocycles. The van der Waals surface area contributed by atoms with Crippen molar-refractivity contribution < 1.29 is 29.3 Å². The highest BCUT2D eigenvalue weighted by molar-refractivity contribution is 6.09. The molecule has 1 heterocycles. The number of hydrogen-bond donors (Lipinski definition) is 4. The predicted molar refractivity (Wildman–Crippen MR) is 127 cm³/mol. The first kappa shape index (κ1) is 25.0. The molecule has 34 heavy (non-hydrogen) atoms. The van der Waals surface area contributed by atoms with Crippen molar-refractivity contribution in [2.45, 2.75) is 44.2 Å². The van der Waals surface area contributed by atoms with Gasteiger partial charge in [-0.25, -0.2) is 4.79 Å². The summed E-state index contributed by atoms with van der Waals surface area (Å²) in [5.74, 6) is -2.08. The molecule has 0 saturated heterocycles. The van der Waals surface area contributed by atoms with Crippen LogP contribution < -0.4 is 10.6 Å². The van der Waals surface area contributed by atoms with Crippen molar-refractivity contribution in [2.75, 3.05) is 12.4 Å². The second-order valence-electron chi connectivity index (χ2n) is 8.98. The lowest BCUT2D eigenvalue weighted by Gasteiger charge is -2.42. The van der Waals surface area contributed by atoms with Crippen LogP contribution in [0.1, 0.15) is 31.4 Å². The molecule has 0 unspecified atom stereocenters. The summed E-state index contributed by atoms with van der Waals surface area (Å²) in [4.78, 5) is 39.0. The molecule has 3 atom stereocenters. The average molecular weight is 467 g/mol. The molecule has 0 saturated carbocycles. The Bertz CT molecular complexity index is 1100. The number of carbonyl (C=O) groups excluding carboxylic acids is 3. The number of aromatic hydroxyl groups is 1. The van der Waals surface area contributed by atoms with Gasteiger partial charge >= 0.3 is 5.97 Å². The number of anilines is 1. The van der Waals surface area contributed by atoms with Crippen molar-refractivity contribution in [3.8, 4) is 5.75 Å². The van der Waals surface area contributed by atoms with E-state index in [1.54, 1.807) is 56.3 Å². The lowest BCUT2D eigenvalue weighted by molar-refractivity contribution is -0.147. The summed E-state index contributed by atoms with van der Waals surface area (Å²) in [5, 5.41) is 26.1. The number of aliphatic hydroxyl groups excluding tert-OH is 1. The Hall–Kier alpha value is -3.65. The minimum atomic E-state index is -1.41. The second kappa shape index (κ2) is 9.69. The molecule has 0 radical (unpaired) electrons. The topological polar surface area (TPSA) is 125 Å². The van der Waals surface area contributed by atoms with Crippen LogP contribution in [0.15, 0.2) is 61.2 Å². The number of esters is 1. The van der Waals surface area contributed by atoms with Gasteiger partial charge in [-0.2, -0.15) is 0 Å². The van der Waals surface area contributed by atoms with E-state index >= 15 is 0 Å². The number of hydrogen-bond acceptors (Lipinski definition) is 6. The van der Waals surface area contributed by atoms with E-state index in [4.69, 9.17) is 4.74 Å². The van der Waals surface area contributed by atoms with Crippen LogP contribution in [0.2, 0.25) is 0 Å². The predicted octanol–water partition coefficient (Wildman–Crippen LogP) is 2.45. The largest absolute Gasteiger partial charge is 0.506 e. The minimum Gasteiger partial charge on any atom is -0.506 e. The zero-order chi connectivity index (χ0) is 25.1. The molecular formula is C26H30N2O6. The highest BCUT2D eigenvalue weighted by Crippen LogP contribution is 2.54. The number of para-hydroxylation sites is 1. The Labute approximate surface area is 198 Å². The molecule has 0 spiro atoms. The third-order valence-electron chi connectivity index (χ3n) is 6.63. The number of fused-ring (bicyclic) bond motifs is 1. The SMILES string of the molecule is C=CC(C)(C)[C@@]1(C[C@H](NC(=O)[C@H](O)Cc2ccccc2)C(=O)OC)C(=O)Nc2c(O)cccc21. The number of benzene rings is 2. The first-order valence-electron chi connectivity index (χ1n) is 10.9. The van der Waals surface area contributed by atoms with Gasteiger partial charge in [0.05, 0.1) is 18.2 Å². The van der Waals surface area contributed by atoms with Gasteiger partial charge < -0.3 is 25.6 Å². The van der Waals surface area contributed by atoms with E-state index in [-0.39, 0.29) is 24.3 Å². The summed E-state index contributed by atoms with van der Waals surface area (Å²) in [6, 6.07) is 12.5. The van der Waals surface area contributed by atoms with Crippen molar-refractivity contribution in [2.24, 2.45) is 5.41 Å². The van der Waals surface area contributed by atoms with E-state index in [0.717, 1.165) is 5.56 Å². The molecule has 0 bridgehead atoms. The highest BCUT2D eigenvalue weighted by atomic mass is 16.5. The van der Waals surface area contributed by atoms with Crippen LogP contribution in [0.5, 0.6) is 5.75 Å². The molecule has 8 nitrogen and oxygen atoms in total. The number of phenols is 1. The van der Waals surface area contributed by atoms with Crippen molar-refractivity contribution in [1.82, 2.24) is 5.32 Å². The molecule has 0 aromatic heterocycles. The fourth-order valence-corrected chi connectivity index (χ4v) is 4.49. The lowest BCUT2D eigenvalue weighted by Crippen LogP contribution is -2.55. The molecule has 1 aliphatic heterocycles. The maximum atomic E-state index is 13.4. The zero-order valence-electron chi connectivity index (χ0n) is 19.5. The number of allylic oxidation sites excluding steroid dienone is 1. The summed E-state index contributed by atoms with van der Waals surface area (Å²) in [5.41, 5.74) is -0.768. The van der Waals surface area contributed by atoms with Crippen molar-refractivity contribution in [1.29, 1.82) is 0 Å². The monoisotopic (exact) mass is 466 g/mol. The Morgan fingerprint density at radius 1 is 1.21 bits per heavy atom. The standard InChI is InChI=1S/C26H30N2O6/c1-5-25(2,3)26(17-12-9-13-19(29)21(17)28-24(26)33)15-18(23(32)34-4)27-22(31)20(30)14-16-10-7-6-8-11-16/h5-13,18,20,29-30H,1,14-15H2,2-4H3,(H,27,31)(H,28,33)/t18-,20+,26+/m0/s1. The molecule has 180 valence electrons. The highest BCUT2D eigenvalue weighted by Gasteiger charge is 2.57. The van der Waals surface area contributed by atoms with Gasteiger partial charge in [-0.1, -0.05) is 62.4 Å². The van der Waals surface area contributed by atoms with E-state index in [9.17, 15) is 24.6 Å². The van der Waals surface area contributed by atoms with Crippen LogP contribution in [-0.2, 0) is 31.0 Å². The van der Waals surface area contributed by atoms with Gasteiger partial charge in [-0.15, -0.1) is 6.58 Å². The number of methoxy groups -OCH3 is 1. The molecule has 0 aliphatic carbocycles. The quantitative estimate of drug-likeness (QED) is 0.256. The summed E-state index contributed by atoms with van der Waals surface area (Å²) < 4.78 is 4.92. The number of rotatable bonds is 9. The summed E-state index contributed by atoms with van der Waals surface area (Å²) >= 11 is 0. The van der Waals surface area contributed by atoms with Gasteiger partial charge in [0.1, 0.15) is 17.9 Å². The van der Waals surface area contributed by atoms with Gasteiger partial charge in [0.15, 0.2) is 0 Å². The number of nitrogens with one attached hydrogen (secondary N) is 2. The molecule has 2 aromatic rings. The first-order chi connectivity index (χ1) is 16.1. The number of ether oxygens (including phenoxy) is 1. The van der Waals surface area contributed by atoms with Crippen molar-refractivity contribution in [3.63, 3.8) is 0 Å². The van der Waals surface area contributed by atoms with Crippen LogP contribution in [0.4, 0.5) is 5.69 Å². The number of carbonyl (C=O) groups is 3. The molecule has 2 amide bonds. The normalized spacial score (nSPS) is 18.9. The molecule has 3 rings (SSSR count). The van der Waals surface area contributed by atoms with Crippen molar-refractivity contribution >= 4 is 23.5 Å². The third kappa shape index (κ3) is 4.41. The molecule has 4 N–H and O–H groups in total. The summed E-state index contributed by atoms with van der Waals surface area (Å²) in [6.45, 7) is 7.46. The van der Waals surface area contributed by atoms with Gasteiger partial charge in [0.2, 0.25) is 11.8 Å². The maximum absolute atomic E-state index is 13.4. The van der Waals surface area contributed by atoms with Crippen LogP contribution in [0.3, 0.4) is 0 Å². The fourth-order valence-electron chi connectivity index (χ4n) is 4.49. The minimum absolute atomic E-state index is 0.0566. The molecule has 0 fully saturated rings. The van der Waals surface area contributed by atoms with Crippen LogP contribution in [0.25, 0.3) is 0 Å². The Morgan fingerprint density at radius 3 is 2.50 bits per heavy atom. The number of aliphatic hydroxyl groups is 1. The van der Waals surface area contributed by atoms with E-state index < -0.39 is 40.8 Å². The number of amides is 2. The Balaban J connectivity index is 1.97. The van der Waals surface area contributed by atoms with Crippen LogP contribution in [-0.4, -0.2) is 47.3 Å². The van der Waals surface area contributed by atoms with Crippen molar-refractivity contribution in [3.05, 3.63) is 72.3 Å². The Morgan fingerprint density at radius 2 is 1.88 bits per heavy atom. The summed E-state index contributed by atoms with van der Waals surface area (Å²) in [6.07, 6.45) is 0.0736. The average Bonchev–Trinajstić information content (AvgIpc) is 3.12. The molecule has 8 heteroatoms. The van der Waals surface area contributed by atoms with E-state index in [1.165, 1.54) is 13.2 Å². The van der Waals surface area contributed by atoms with Gasteiger partial charge in [0, 0.05) is 11.8 Å². The van der Waals surface area contributed by atoms with Crippen LogP contribution >= 0.6 is 0 Å². The molecule has 1 aliphatic rings. The van der Waals surface area contributed by atoms with Gasteiger partial charge in [-0.05, 0) is 23.6 Å². The van der Waals surface area contributed by atoms with Gasteiger partial charge in [-0.3, -0.25) is 9.59 Å². The molecular weight excluding hydrogens is 436 g/mol. The number of phenolic OH excluding ortho intramolecular Hbond substituents is 1. The Kier molecular flexibility index (Phi) is 7.12.